The monoisotopic (exact) mass is 272 g/mol. The minimum absolute atomic E-state index is 0.305. The van der Waals surface area contributed by atoms with E-state index in [1.807, 2.05) is 13.0 Å². The van der Waals surface area contributed by atoms with Gasteiger partial charge in [0.25, 0.3) is 0 Å². The lowest BCUT2D eigenvalue weighted by molar-refractivity contribution is 0.0697. The van der Waals surface area contributed by atoms with Crippen molar-refractivity contribution in [3.05, 3.63) is 29.6 Å². The zero-order valence-electron chi connectivity index (χ0n) is 12.0. The number of hydrogen-bond donors (Lipinski definition) is 1. The Kier molecular flexibility index (Phi) is 3.24. The van der Waals surface area contributed by atoms with E-state index in [4.69, 9.17) is 5.11 Å². The first-order valence-corrected chi connectivity index (χ1v) is 7.28. The highest BCUT2D eigenvalue weighted by Crippen LogP contribution is 2.35. The Morgan fingerprint density at radius 2 is 2.20 bits per heavy atom. The van der Waals surface area contributed by atoms with Crippen LogP contribution in [0.2, 0.25) is 0 Å². The van der Waals surface area contributed by atoms with Crippen LogP contribution in [0.1, 0.15) is 54.8 Å². The third-order valence-corrected chi connectivity index (χ3v) is 4.39. The van der Waals surface area contributed by atoms with E-state index in [2.05, 4.69) is 16.5 Å². The van der Waals surface area contributed by atoms with Gasteiger partial charge in [0.1, 0.15) is 5.82 Å². The van der Waals surface area contributed by atoms with E-state index in [0.29, 0.717) is 11.6 Å². The fourth-order valence-electron chi connectivity index (χ4n) is 3.45. The maximum Gasteiger partial charge on any atom is 0.335 e. The van der Waals surface area contributed by atoms with Gasteiger partial charge in [-0.15, -0.1) is 0 Å². The largest absolute Gasteiger partial charge is 0.478 e. The quantitative estimate of drug-likeness (QED) is 0.904. The van der Waals surface area contributed by atoms with Gasteiger partial charge in [-0.1, -0.05) is 19.8 Å². The fourth-order valence-corrected chi connectivity index (χ4v) is 3.45. The van der Waals surface area contributed by atoms with E-state index in [-0.39, 0.29) is 0 Å². The van der Waals surface area contributed by atoms with Crippen molar-refractivity contribution >= 4 is 17.0 Å². The van der Waals surface area contributed by atoms with Gasteiger partial charge in [-0.2, -0.15) is 0 Å². The van der Waals surface area contributed by atoms with Crippen molar-refractivity contribution < 1.29 is 9.90 Å². The predicted octanol–water partition coefficient (Wildman–Crippen LogP) is 3.79. The molecule has 1 aliphatic rings. The number of imidazole rings is 1. The second kappa shape index (κ2) is 4.93. The number of carbonyl (C=O) groups is 1. The molecule has 1 aromatic heterocycles. The lowest BCUT2D eigenvalue weighted by atomic mass is 9.87. The highest BCUT2D eigenvalue weighted by atomic mass is 16.4. The lowest BCUT2D eigenvalue weighted by Gasteiger charge is -2.29. The molecule has 4 nitrogen and oxygen atoms in total. The summed E-state index contributed by atoms with van der Waals surface area (Å²) in [6.45, 7) is 4.32. The maximum atomic E-state index is 11.0. The Labute approximate surface area is 118 Å². The van der Waals surface area contributed by atoms with Crippen LogP contribution >= 0.6 is 0 Å². The standard InChI is InChI=1S/C16H20N2O2/c1-10-4-3-5-13(8-10)18-11(2)17-14-9-12(16(19)20)6-7-15(14)18/h6-7,9-10,13H,3-5,8H2,1-2H3,(H,19,20). The van der Waals surface area contributed by atoms with Crippen LogP contribution in [-0.2, 0) is 0 Å². The molecule has 1 aliphatic carbocycles. The highest BCUT2D eigenvalue weighted by molar-refractivity contribution is 5.92. The van der Waals surface area contributed by atoms with Crippen LogP contribution in [0.5, 0.6) is 0 Å². The summed E-state index contributed by atoms with van der Waals surface area (Å²) in [4.78, 5) is 15.6. The number of aromatic carboxylic acids is 1. The molecular weight excluding hydrogens is 252 g/mol. The second-order valence-electron chi connectivity index (χ2n) is 5.96. The number of aryl methyl sites for hydroxylation is 1. The summed E-state index contributed by atoms with van der Waals surface area (Å²) in [5, 5.41) is 9.07. The minimum atomic E-state index is -0.898. The van der Waals surface area contributed by atoms with Crippen molar-refractivity contribution in [2.75, 3.05) is 0 Å². The van der Waals surface area contributed by atoms with E-state index < -0.39 is 5.97 Å². The van der Waals surface area contributed by atoms with Gasteiger partial charge < -0.3 is 9.67 Å². The Bertz CT molecular complexity index is 660. The molecule has 1 aromatic carbocycles. The average molecular weight is 272 g/mol. The molecule has 1 N–H and O–H groups in total. The van der Waals surface area contributed by atoms with Gasteiger partial charge in [-0.3, -0.25) is 0 Å². The Hall–Kier alpha value is -1.84. The van der Waals surface area contributed by atoms with Crippen molar-refractivity contribution in [3.8, 4) is 0 Å². The molecule has 1 fully saturated rings. The lowest BCUT2D eigenvalue weighted by Crippen LogP contribution is -2.18. The Morgan fingerprint density at radius 1 is 1.40 bits per heavy atom. The number of carboxylic acids is 1. The summed E-state index contributed by atoms with van der Waals surface area (Å²) in [6, 6.07) is 5.75. The Balaban J connectivity index is 2.06. The zero-order valence-corrected chi connectivity index (χ0v) is 12.0. The fraction of sp³-hybridized carbons (Fsp3) is 0.500. The normalized spacial score (nSPS) is 23.1. The molecule has 0 amide bonds. The van der Waals surface area contributed by atoms with Gasteiger partial charge in [-0.25, -0.2) is 9.78 Å². The topological polar surface area (TPSA) is 55.1 Å². The summed E-state index contributed by atoms with van der Waals surface area (Å²) >= 11 is 0. The molecule has 0 bridgehead atoms. The molecule has 2 unspecified atom stereocenters. The molecule has 20 heavy (non-hydrogen) atoms. The summed E-state index contributed by atoms with van der Waals surface area (Å²) in [5.41, 5.74) is 2.16. The van der Waals surface area contributed by atoms with Gasteiger partial charge >= 0.3 is 5.97 Å². The number of aromatic nitrogens is 2. The third kappa shape index (κ3) is 2.19. The van der Waals surface area contributed by atoms with E-state index in [1.54, 1.807) is 12.1 Å². The molecule has 0 saturated heterocycles. The van der Waals surface area contributed by atoms with Crippen LogP contribution in [0, 0.1) is 12.8 Å². The van der Waals surface area contributed by atoms with Crippen molar-refractivity contribution in [1.29, 1.82) is 0 Å². The molecule has 106 valence electrons. The van der Waals surface area contributed by atoms with Crippen LogP contribution in [-0.4, -0.2) is 20.6 Å². The number of nitrogens with zero attached hydrogens (tertiary/aromatic N) is 2. The molecule has 2 atom stereocenters. The SMILES string of the molecule is Cc1nc2cc(C(=O)O)ccc2n1C1CCCC(C)C1. The summed E-state index contributed by atoms with van der Waals surface area (Å²) in [7, 11) is 0. The molecular formula is C16H20N2O2. The van der Waals surface area contributed by atoms with Crippen LogP contribution < -0.4 is 0 Å². The second-order valence-corrected chi connectivity index (χ2v) is 5.96. The Morgan fingerprint density at radius 3 is 2.90 bits per heavy atom. The van der Waals surface area contributed by atoms with Gasteiger partial charge in [-0.05, 0) is 43.9 Å². The smallest absolute Gasteiger partial charge is 0.335 e. The molecule has 1 saturated carbocycles. The van der Waals surface area contributed by atoms with E-state index in [0.717, 1.165) is 22.8 Å². The minimum Gasteiger partial charge on any atom is -0.478 e. The first-order valence-electron chi connectivity index (χ1n) is 7.28. The molecule has 0 aliphatic heterocycles. The number of fused-ring (bicyclic) bond motifs is 1. The van der Waals surface area contributed by atoms with Gasteiger partial charge in [0.2, 0.25) is 0 Å². The van der Waals surface area contributed by atoms with E-state index in [1.165, 1.54) is 25.7 Å². The highest BCUT2D eigenvalue weighted by Gasteiger charge is 2.23. The molecule has 4 heteroatoms. The van der Waals surface area contributed by atoms with Crippen LogP contribution in [0.15, 0.2) is 18.2 Å². The van der Waals surface area contributed by atoms with Crippen molar-refractivity contribution in [3.63, 3.8) is 0 Å². The third-order valence-electron chi connectivity index (χ3n) is 4.39. The molecule has 3 rings (SSSR count). The van der Waals surface area contributed by atoms with Crippen LogP contribution in [0.25, 0.3) is 11.0 Å². The summed E-state index contributed by atoms with van der Waals surface area (Å²) < 4.78 is 2.30. The summed E-state index contributed by atoms with van der Waals surface area (Å²) in [5.74, 6) is 0.843. The van der Waals surface area contributed by atoms with E-state index in [9.17, 15) is 4.79 Å². The molecule has 0 spiro atoms. The van der Waals surface area contributed by atoms with Crippen molar-refractivity contribution in [1.82, 2.24) is 9.55 Å². The zero-order chi connectivity index (χ0) is 14.3. The number of rotatable bonds is 2. The molecule has 2 aromatic rings. The van der Waals surface area contributed by atoms with Gasteiger partial charge in [0, 0.05) is 6.04 Å². The number of carboxylic acid groups (broad SMARTS) is 1. The predicted molar refractivity (Wildman–Crippen MR) is 78.1 cm³/mol. The van der Waals surface area contributed by atoms with Gasteiger partial charge in [0.15, 0.2) is 0 Å². The first-order chi connectivity index (χ1) is 9.56. The molecule has 0 radical (unpaired) electrons. The maximum absolute atomic E-state index is 11.0. The van der Waals surface area contributed by atoms with Crippen molar-refractivity contribution in [2.45, 2.75) is 45.6 Å². The van der Waals surface area contributed by atoms with Crippen molar-refractivity contribution in [2.24, 2.45) is 5.92 Å². The van der Waals surface area contributed by atoms with Crippen LogP contribution in [0.3, 0.4) is 0 Å². The average Bonchev–Trinajstić information content (AvgIpc) is 2.73. The number of benzene rings is 1. The van der Waals surface area contributed by atoms with Gasteiger partial charge in [0.05, 0.1) is 16.6 Å². The van der Waals surface area contributed by atoms with Crippen LogP contribution in [0.4, 0.5) is 0 Å². The van der Waals surface area contributed by atoms with E-state index >= 15 is 0 Å². The first kappa shape index (κ1) is 13.2. The molecule has 1 heterocycles. The number of hydrogen-bond acceptors (Lipinski definition) is 2. The summed E-state index contributed by atoms with van der Waals surface area (Å²) in [6.07, 6.45) is 4.95.